The van der Waals surface area contributed by atoms with Gasteiger partial charge in [0.2, 0.25) is 0 Å². The molecule has 3 aliphatic rings. The standard InChI is InChI=1S/C49H77NO17/c1-29-19-17-15-13-11-9-7-8-10-12-14-16-18-20-36(66-48-46(60)43(50)45(59)32(4)65-48)26-40-42(47(61)62-5)39(56)28-49(63-6,67-40)27-35(53)24-38(55)37(54)22-21-33(51)23-34(52)25-41(57)64-31(3)30(2)44(29)58/h7-20,29-40,42-46,48,51-56,58-60H,21-28,50H2,1-6H3/t29-,30-,31-,32+,33+,34+,35-,36-,37+,38+,39-,40-,42+,43-,44+,45+,46-,48-,49+/m0/s1/i5+1. The number of methoxy groups -OCH3 is 2. The highest BCUT2D eigenvalue weighted by Gasteiger charge is 2.52. The Morgan fingerprint density at radius 1 is 0.657 bits per heavy atom. The monoisotopic (exact) mass is 953 g/mol. The third-order valence-electron chi connectivity index (χ3n) is 12.6. The van der Waals surface area contributed by atoms with Gasteiger partial charge in [0.05, 0.1) is 86.7 Å². The normalized spacial score (nSPS) is 41.1. The number of carbonyl (C=O) groups is 2. The molecule has 0 spiro atoms. The summed E-state index contributed by atoms with van der Waals surface area (Å²) >= 11 is 0. The van der Waals surface area contributed by atoms with Crippen LogP contribution in [0.4, 0.5) is 0 Å². The second-order valence-electron chi connectivity index (χ2n) is 17.9. The van der Waals surface area contributed by atoms with E-state index in [1.54, 1.807) is 63.3 Å². The predicted octanol–water partition coefficient (Wildman–Crippen LogP) is 1.45. The highest BCUT2D eigenvalue weighted by Crippen LogP contribution is 2.40. The van der Waals surface area contributed by atoms with E-state index in [1.807, 2.05) is 49.5 Å². The summed E-state index contributed by atoms with van der Waals surface area (Å²) in [4.78, 5) is 25.8. The van der Waals surface area contributed by atoms with Crippen LogP contribution in [0.15, 0.2) is 85.1 Å². The van der Waals surface area contributed by atoms with Gasteiger partial charge in [0.1, 0.15) is 18.1 Å². The van der Waals surface area contributed by atoms with E-state index in [1.165, 1.54) is 7.11 Å². The summed E-state index contributed by atoms with van der Waals surface area (Å²) in [5, 5.41) is 97.8. The molecule has 0 aromatic heterocycles. The van der Waals surface area contributed by atoms with Crippen molar-refractivity contribution >= 4 is 11.9 Å². The van der Waals surface area contributed by atoms with E-state index >= 15 is 0 Å². The summed E-state index contributed by atoms with van der Waals surface area (Å²) < 4.78 is 34.7. The molecule has 19 atom stereocenters. The van der Waals surface area contributed by atoms with E-state index in [0.717, 1.165) is 7.11 Å². The Labute approximate surface area is 394 Å². The van der Waals surface area contributed by atoms with E-state index in [-0.39, 0.29) is 50.9 Å². The predicted molar refractivity (Wildman–Crippen MR) is 246 cm³/mol. The summed E-state index contributed by atoms with van der Waals surface area (Å²) in [6.07, 6.45) is 6.20. The molecule has 0 aliphatic carbocycles. The number of carbonyl (C=O) groups excluding carboxylic acids is 2. The number of hydrogen-bond donors (Lipinski definition) is 10. The first-order chi connectivity index (χ1) is 31.7. The lowest BCUT2D eigenvalue weighted by Crippen LogP contribution is -2.61. The lowest BCUT2D eigenvalue weighted by molar-refractivity contribution is -0.317. The first kappa shape index (κ1) is 57.9. The molecule has 67 heavy (non-hydrogen) atoms. The van der Waals surface area contributed by atoms with Crippen LogP contribution in [-0.2, 0) is 38.0 Å². The molecule has 0 amide bonds. The van der Waals surface area contributed by atoms with Crippen LogP contribution in [0.3, 0.4) is 0 Å². The number of fused-ring (bicyclic) bond motifs is 2. The molecule has 0 saturated carbocycles. The average molecular weight is 953 g/mol. The fourth-order valence-electron chi connectivity index (χ4n) is 8.28. The van der Waals surface area contributed by atoms with E-state index in [2.05, 4.69) is 0 Å². The van der Waals surface area contributed by atoms with E-state index in [0.29, 0.717) is 0 Å². The quantitative estimate of drug-likeness (QED) is 0.141. The van der Waals surface area contributed by atoms with Crippen molar-refractivity contribution in [2.75, 3.05) is 14.2 Å². The highest BCUT2D eigenvalue weighted by molar-refractivity contribution is 5.74. The second kappa shape index (κ2) is 28.9. The van der Waals surface area contributed by atoms with Gasteiger partial charge in [-0.25, -0.2) is 0 Å². The van der Waals surface area contributed by atoms with Gasteiger partial charge in [-0.2, -0.15) is 0 Å². The summed E-state index contributed by atoms with van der Waals surface area (Å²) in [5.41, 5.74) is 6.09. The molecule has 2 fully saturated rings. The number of allylic oxidation sites excluding steroid dienone is 12. The molecule has 18 nitrogen and oxygen atoms in total. The average Bonchev–Trinajstić information content (AvgIpc) is 3.27. The van der Waals surface area contributed by atoms with Gasteiger partial charge >= 0.3 is 11.9 Å². The van der Waals surface area contributed by atoms with Crippen LogP contribution in [0.25, 0.3) is 0 Å². The molecule has 2 bridgehead atoms. The minimum absolute atomic E-state index is 0.0690. The van der Waals surface area contributed by atoms with Crippen LogP contribution < -0.4 is 5.73 Å². The van der Waals surface area contributed by atoms with Crippen molar-refractivity contribution in [3.8, 4) is 0 Å². The van der Waals surface area contributed by atoms with Gasteiger partial charge in [-0.05, 0) is 33.1 Å². The molecule has 3 rings (SSSR count). The third-order valence-corrected chi connectivity index (χ3v) is 12.6. The summed E-state index contributed by atoms with van der Waals surface area (Å²) in [6.45, 7) is 6.82. The Morgan fingerprint density at radius 3 is 1.82 bits per heavy atom. The van der Waals surface area contributed by atoms with Crippen molar-refractivity contribution in [3.63, 3.8) is 0 Å². The number of rotatable bonds is 4. The van der Waals surface area contributed by atoms with Gasteiger partial charge in [0, 0.05) is 44.6 Å². The number of cyclic esters (lactones) is 1. The molecule has 3 aliphatic heterocycles. The Kier molecular flexibility index (Phi) is 25.0. The molecule has 380 valence electrons. The molecule has 2 saturated heterocycles. The van der Waals surface area contributed by atoms with Gasteiger partial charge in [-0.3, -0.25) is 9.59 Å². The maximum atomic E-state index is 13.2. The van der Waals surface area contributed by atoms with E-state index in [4.69, 9.17) is 34.2 Å². The number of ether oxygens (including phenoxy) is 6. The molecule has 3 heterocycles. The first-order valence-corrected chi connectivity index (χ1v) is 23.1. The van der Waals surface area contributed by atoms with Crippen LogP contribution in [0.1, 0.15) is 79.1 Å². The maximum Gasteiger partial charge on any atom is 0.313 e. The van der Waals surface area contributed by atoms with Crippen molar-refractivity contribution < 1.29 is 84.0 Å². The minimum atomic E-state index is -1.73. The Balaban J connectivity index is 1.91. The van der Waals surface area contributed by atoms with Crippen molar-refractivity contribution in [1.82, 2.24) is 0 Å². The van der Waals surface area contributed by atoms with Gasteiger partial charge in [0.15, 0.2) is 12.1 Å². The van der Waals surface area contributed by atoms with Crippen LogP contribution >= 0.6 is 0 Å². The van der Waals surface area contributed by atoms with Gasteiger partial charge in [0.25, 0.3) is 0 Å². The summed E-state index contributed by atoms with van der Waals surface area (Å²) in [6, 6.07) is -1.11. The van der Waals surface area contributed by atoms with Crippen molar-refractivity contribution in [1.29, 1.82) is 0 Å². The van der Waals surface area contributed by atoms with Crippen molar-refractivity contribution in [2.45, 2.75) is 177 Å². The van der Waals surface area contributed by atoms with E-state index in [9.17, 15) is 55.5 Å². The SMILES string of the molecule is CO[C@]12C[C@@H](O)C[C@@H](O)[C@H](O)CC[C@@H](O)C[C@@H](O)CC(=O)O[C@@H](C)[C@H](C)[C@H](O)[C@@H](C)C=CC=CC=CC=CC=CC=CC=C[C@H](O[C@@H]3O[C@H](C)[C@@H](O)[C@H](N)[C@@H]3O)C[C@H](O1)[C@H](C(=O)O[13CH3])[C@@H](O)C2. The molecule has 18 heteroatoms. The fourth-order valence-corrected chi connectivity index (χ4v) is 8.28. The Morgan fingerprint density at radius 2 is 1.24 bits per heavy atom. The maximum absolute atomic E-state index is 13.2. The number of esters is 2. The minimum Gasteiger partial charge on any atom is -0.469 e. The Hall–Kier alpha value is -3.44. The lowest BCUT2D eigenvalue weighted by atomic mass is 9.82. The smallest absolute Gasteiger partial charge is 0.313 e. The zero-order valence-corrected chi connectivity index (χ0v) is 39.5. The van der Waals surface area contributed by atoms with Crippen LogP contribution in [0.5, 0.6) is 0 Å². The van der Waals surface area contributed by atoms with E-state index < -0.39 is 128 Å². The zero-order valence-electron chi connectivity index (χ0n) is 39.5. The molecule has 0 radical (unpaired) electrons. The molecular weight excluding hydrogens is 876 g/mol. The van der Waals surface area contributed by atoms with Gasteiger partial charge in [-0.15, -0.1) is 0 Å². The summed E-state index contributed by atoms with van der Waals surface area (Å²) in [7, 11) is 2.44. The number of hydrogen-bond acceptors (Lipinski definition) is 18. The van der Waals surface area contributed by atoms with Gasteiger partial charge < -0.3 is 80.1 Å². The zero-order chi connectivity index (χ0) is 49.8. The van der Waals surface area contributed by atoms with Gasteiger partial charge in [-0.1, -0.05) is 98.9 Å². The Bertz CT molecular complexity index is 1700. The summed E-state index contributed by atoms with van der Waals surface area (Å²) in [5.74, 6) is -5.23. The van der Waals surface area contributed by atoms with Crippen LogP contribution in [0.2, 0.25) is 0 Å². The molecule has 11 N–H and O–H groups in total. The number of aliphatic hydroxyl groups is 9. The highest BCUT2D eigenvalue weighted by atomic mass is 16.7. The lowest BCUT2D eigenvalue weighted by Gasteiger charge is -2.47. The van der Waals surface area contributed by atoms with Crippen molar-refractivity contribution in [3.05, 3.63) is 85.1 Å². The van der Waals surface area contributed by atoms with Crippen LogP contribution in [0, 0.1) is 17.8 Å². The first-order valence-electron chi connectivity index (χ1n) is 23.1. The van der Waals surface area contributed by atoms with Crippen LogP contribution in [-0.4, -0.2) is 170 Å². The molecular formula is C49H77NO17. The third kappa shape index (κ3) is 18.8. The number of nitrogens with two attached hydrogens (primary N) is 1. The number of aliphatic hydroxyl groups excluding tert-OH is 9. The second-order valence-corrected chi connectivity index (χ2v) is 17.9. The molecule has 0 aromatic rings. The molecule has 0 unspecified atom stereocenters. The topological polar surface area (TPSA) is 298 Å². The van der Waals surface area contributed by atoms with Crippen molar-refractivity contribution in [2.24, 2.45) is 23.5 Å². The molecule has 0 aromatic carbocycles. The fraction of sp³-hybridized carbons (Fsp3) is 0.673. The largest absolute Gasteiger partial charge is 0.469 e.